The first kappa shape index (κ1) is 19.8. The molecule has 0 N–H and O–H groups in total. The lowest BCUT2D eigenvalue weighted by Gasteiger charge is -2.35. The van der Waals surface area contributed by atoms with Crippen molar-refractivity contribution < 1.29 is 14.3 Å². The van der Waals surface area contributed by atoms with Crippen LogP contribution in [0.3, 0.4) is 0 Å². The zero-order chi connectivity index (χ0) is 19.6. The van der Waals surface area contributed by atoms with Gasteiger partial charge in [0.25, 0.3) is 0 Å². The van der Waals surface area contributed by atoms with Crippen LogP contribution in [0.1, 0.15) is 32.8 Å². The van der Waals surface area contributed by atoms with Gasteiger partial charge >= 0.3 is 6.09 Å². The van der Waals surface area contributed by atoms with E-state index in [9.17, 15) is 9.59 Å². The Morgan fingerprint density at radius 3 is 2.48 bits per heavy atom. The van der Waals surface area contributed by atoms with Gasteiger partial charge < -0.3 is 14.5 Å². The van der Waals surface area contributed by atoms with Crippen LogP contribution >= 0.6 is 23.3 Å². The zero-order valence-electron chi connectivity index (χ0n) is 15.7. The van der Waals surface area contributed by atoms with Gasteiger partial charge in [0.1, 0.15) is 16.6 Å². The SMILES string of the molecule is CC(C)(C)OC(=O)N1CCN(C(=O)CCc2c(Cl)ccc3nsnc23)CC1. The quantitative estimate of drug-likeness (QED) is 0.775. The van der Waals surface area contributed by atoms with Gasteiger partial charge in [-0.3, -0.25) is 4.79 Å². The fraction of sp³-hybridized carbons (Fsp3) is 0.556. The number of ether oxygens (including phenoxy) is 1. The van der Waals surface area contributed by atoms with Gasteiger partial charge in [-0.05, 0) is 39.3 Å². The fourth-order valence-electron chi connectivity index (χ4n) is 2.97. The first-order valence-electron chi connectivity index (χ1n) is 8.90. The van der Waals surface area contributed by atoms with Crippen LogP contribution < -0.4 is 0 Å². The third-order valence-corrected chi connectivity index (χ3v) is 5.25. The summed E-state index contributed by atoms with van der Waals surface area (Å²) in [5.41, 5.74) is 1.92. The van der Waals surface area contributed by atoms with Gasteiger partial charge in [-0.2, -0.15) is 8.75 Å². The van der Waals surface area contributed by atoms with Crippen molar-refractivity contribution >= 4 is 46.4 Å². The molecule has 2 amide bonds. The molecule has 0 radical (unpaired) electrons. The van der Waals surface area contributed by atoms with E-state index < -0.39 is 5.60 Å². The zero-order valence-corrected chi connectivity index (χ0v) is 17.3. The van der Waals surface area contributed by atoms with E-state index in [-0.39, 0.29) is 12.0 Å². The average Bonchev–Trinajstić information content (AvgIpc) is 3.08. The summed E-state index contributed by atoms with van der Waals surface area (Å²) < 4.78 is 13.9. The van der Waals surface area contributed by atoms with Crippen molar-refractivity contribution in [1.29, 1.82) is 0 Å². The molecular formula is C18H23ClN4O3S. The summed E-state index contributed by atoms with van der Waals surface area (Å²) in [6.45, 7) is 7.50. The van der Waals surface area contributed by atoms with Crippen molar-refractivity contribution in [2.75, 3.05) is 26.2 Å². The number of hydrogen-bond acceptors (Lipinski definition) is 6. The lowest BCUT2D eigenvalue weighted by molar-refractivity contribution is -0.132. The molecule has 0 spiro atoms. The lowest BCUT2D eigenvalue weighted by Crippen LogP contribution is -2.51. The molecule has 1 saturated heterocycles. The maximum absolute atomic E-state index is 12.6. The van der Waals surface area contributed by atoms with Gasteiger partial charge in [0, 0.05) is 43.2 Å². The van der Waals surface area contributed by atoms with Gasteiger partial charge in [-0.25, -0.2) is 4.79 Å². The molecule has 27 heavy (non-hydrogen) atoms. The van der Waals surface area contributed by atoms with Crippen molar-refractivity contribution in [1.82, 2.24) is 18.5 Å². The van der Waals surface area contributed by atoms with Crippen LogP contribution in [0.4, 0.5) is 4.79 Å². The Kier molecular flexibility index (Phi) is 5.86. The Morgan fingerprint density at radius 1 is 1.15 bits per heavy atom. The predicted octanol–water partition coefficient (Wildman–Crippen LogP) is 3.36. The second-order valence-electron chi connectivity index (χ2n) is 7.51. The first-order chi connectivity index (χ1) is 12.7. The largest absolute Gasteiger partial charge is 0.444 e. The standard InChI is InChI=1S/C18H23ClN4O3S/c1-18(2,3)26-17(25)23-10-8-22(9-11-23)15(24)7-4-12-13(19)5-6-14-16(12)21-27-20-14/h5-6H,4,7-11H2,1-3H3. The number of halogens is 1. The number of carbonyl (C=O) groups excluding carboxylic acids is 2. The highest BCUT2D eigenvalue weighted by atomic mass is 35.5. The molecule has 0 aliphatic carbocycles. The maximum Gasteiger partial charge on any atom is 0.410 e. The smallest absolute Gasteiger partial charge is 0.410 e. The highest BCUT2D eigenvalue weighted by molar-refractivity contribution is 7.00. The molecule has 7 nitrogen and oxygen atoms in total. The molecule has 1 aromatic carbocycles. The fourth-order valence-corrected chi connectivity index (χ4v) is 3.78. The minimum Gasteiger partial charge on any atom is -0.444 e. The first-order valence-corrected chi connectivity index (χ1v) is 10.0. The summed E-state index contributed by atoms with van der Waals surface area (Å²) in [7, 11) is 0. The molecule has 2 heterocycles. The molecule has 0 saturated carbocycles. The molecule has 2 aromatic rings. The molecular weight excluding hydrogens is 388 g/mol. The van der Waals surface area contributed by atoms with E-state index in [1.165, 1.54) is 0 Å². The number of hydrogen-bond donors (Lipinski definition) is 0. The van der Waals surface area contributed by atoms with Crippen LogP contribution in [0.15, 0.2) is 12.1 Å². The summed E-state index contributed by atoms with van der Waals surface area (Å²) in [6.07, 6.45) is 0.541. The number of nitrogens with zero attached hydrogens (tertiary/aromatic N) is 4. The Labute approximate surface area is 167 Å². The summed E-state index contributed by atoms with van der Waals surface area (Å²) in [4.78, 5) is 28.1. The predicted molar refractivity (Wildman–Crippen MR) is 105 cm³/mol. The van der Waals surface area contributed by atoms with Crippen LogP contribution in [0.2, 0.25) is 5.02 Å². The van der Waals surface area contributed by atoms with E-state index in [1.54, 1.807) is 15.9 Å². The van der Waals surface area contributed by atoms with E-state index in [0.717, 1.165) is 28.3 Å². The number of fused-ring (bicyclic) bond motifs is 1. The highest BCUT2D eigenvalue weighted by Gasteiger charge is 2.27. The van der Waals surface area contributed by atoms with Gasteiger partial charge in [0.15, 0.2) is 0 Å². The van der Waals surface area contributed by atoms with Crippen molar-refractivity contribution in [3.05, 3.63) is 22.7 Å². The highest BCUT2D eigenvalue weighted by Crippen LogP contribution is 2.26. The van der Waals surface area contributed by atoms with E-state index in [2.05, 4.69) is 8.75 Å². The van der Waals surface area contributed by atoms with Crippen molar-refractivity contribution in [2.45, 2.75) is 39.2 Å². The lowest BCUT2D eigenvalue weighted by atomic mass is 10.1. The Hall–Kier alpha value is -1.93. The van der Waals surface area contributed by atoms with Gasteiger partial charge in [0.2, 0.25) is 5.91 Å². The molecule has 0 atom stereocenters. The summed E-state index contributed by atoms with van der Waals surface area (Å²) in [6, 6.07) is 3.63. The van der Waals surface area contributed by atoms with Crippen molar-refractivity contribution in [3.63, 3.8) is 0 Å². The van der Waals surface area contributed by atoms with Gasteiger partial charge in [-0.15, -0.1) is 0 Å². The van der Waals surface area contributed by atoms with E-state index in [0.29, 0.717) is 44.0 Å². The van der Waals surface area contributed by atoms with E-state index in [1.807, 2.05) is 26.8 Å². The maximum atomic E-state index is 12.6. The number of aryl methyl sites for hydroxylation is 1. The minimum atomic E-state index is -0.519. The molecule has 146 valence electrons. The number of aromatic nitrogens is 2. The van der Waals surface area contributed by atoms with Gasteiger partial charge in [0.05, 0.1) is 11.7 Å². The monoisotopic (exact) mass is 410 g/mol. The van der Waals surface area contributed by atoms with E-state index >= 15 is 0 Å². The number of carbonyl (C=O) groups is 2. The van der Waals surface area contributed by atoms with Crippen LogP contribution in [-0.2, 0) is 16.0 Å². The molecule has 9 heteroatoms. The van der Waals surface area contributed by atoms with Crippen LogP contribution in [0, 0.1) is 0 Å². The molecule has 0 unspecified atom stereocenters. The molecule has 1 aromatic heterocycles. The Bertz CT molecular complexity index is 841. The van der Waals surface area contributed by atoms with Crippen molar-refractivity contribution in [2.24, 2.45) is 0 Å². The molecule has 1 aliphatic rings. The number of rotatable bonds is 3. The second-order valence-corrected chi connectivity index (χ2v) is 8.44. The molecule has 1 aliphatic heterocycles. The average molecular weight is 411 g/mol. The molecule has 3 rings (SSSR count). The number of amides is 2. The Morgan fingerprint density at radius 2 is 1.81 bits per heavy atom. The second kappa shape index (κ2) is 7.98. The van der Waals surface area contributed by atoms with Crippen LogP contribution in [0.25, 0.3) is 11.0 Å². The minimum absolute atomic E-state index is 0.0510. The third-order valence-electron chi connectivity index (χ3n) is 4.35. The summed E-state index contributed by atoms with van der Waals surface area (Å²) in [5.74, 6) is 0.0510. The summed E-state index contributed by atoms with van der Waals surface area (Å²) >= 11 is 7.43. The van der Waals surface area contributed by atoms with Crippen LogP contribution in [-0.4, -0.2) is 62.3 Å². The van der Waals surface area contributed by atoms with Crippen molar-refractivity contribution in [3.8, 4) is 0 Å². The van der Waals surface area contributed by atoms with Crippen LogP contribution in [0.5, 0.6) is 0 Å². The van der Waals surface area contributed by atoms with Gasteiger partial charge in [-0.1, -0.05) is 11.6 Å². The summed E-state index contributed by atoms with van der Waals surface area (Å²) in [5, 5.41) is 0.609. The van der Waals surface area contributed by atoms with E-state index in [4.69, 9.17) is 16.3 Å². The normalized spacial score (nSPS) is 15.3. The third kappa shape index (κ3) is 4.87. The topological polar surface area (TPSA) is 75.6 Å². The Balaban J connectivity index is 1.53. The number of benzene rings is 1. The number of piperazine rings is 1. The molecule has 1 fully saturated rings. The molecule has 0 bridgehead atoms.